The van der Waals surface area contributed by atoms with Crippen LogP contribution < -0.4 is 5.32 Å². The summed E-state index contributed by atoms with van der Waals surface area (Å²) in [7, 11) is 0. The second-order valence-electron chi connectivity index (χ2n) is 9.81. The quantitative estimate of drug-likeness (QED) is 0.762. The van der Waals surface area contributed by atoms with Crippen LogP contribution in [0.2, 0.25) is 0 Å². The number of nitrogens with one attached hydrogen (secondary N) is 1. The fourth-order valence-corrected chi connectivity index (χ4v) is 7.30. The van der Waals surface area contributed by atoms with E-state index in [9.17, 15) is 9.59 Å². The molecule has 0 aromatic rings. The average molecular weight is 378 g/mol. The first-order valence-corrected chi connectivity index (χ1v) is 10.9. The minimum absolute atomic E-state index is 0.0841. The number of carbonyl (C=O) groups is 2. The first-order chi connectivity index (χ1) is 12.9. The van der Waals surface area contributed by atoms with Crippen molar-refractivity contribution in [3.63, 3.8) is 0 Å². The van der Waals surface area contributed by atoms with Gasteiger partial charge in [-0.1, -0.05) is 13.8 Å². The summed E-state index contributed by atoms with van der Waals surface area (Å²) in [5, 5.41) is 3.30. The summed E-state index contributed by atoms with van der Waals surface area (Å²) in [5.41, 5.74) is 0.427. The Morgan fingerprint density at radius 1 is 1.07 bits per heavy atom. The van der Waals surface area contributed by atoms with Gasteiger partial charge in [0.2, 0.25) is 5.91 Å². The lowest BCUT2D eigenvalue weighted by Gasteiger charge is -2.60. The molecule has 1 aliphatic heterocycles. The average Bonchev–Trinajstić information content (AvgIpc) is 2.97. The molecule has 0 radical (unpaired) electrons. The van der Waals surface area contributed by atoms with Crippen molar-refractivity contribution in [2.75, 3.05) is 13.2 Å². The number of amides is 1. The maximum atomic E-state index is 11.9. The summed E-state index contributed by atoms with van der Waals surface area (Å²) in [5.74, 6) is 2.11. The molecule has 1 heterocycles. The Labute approximate surface area is 162 Å². The molecule has 152 valence electrons. The van der Waals surface area contributed by atoms with E-state index in [1.165, 1.54) is 25.7 Å². The number of hydrogen-bond acceptors (Lipinski definition) is 4. The monoisotopic (exact) mass is 377 g/mol. The van der Waals surface area contributed by atoms with Crippen LogP contribution in [-0.4, -0.2) is 37.2 Å². The molecule has 1 saturated heterocycles. The zero-order chi connectivity index (χ0) is 19.2. The molecule has 5 heteroatoms. The number of fused-ring (bicyclic) bond motifs is 5. The minimum Gasteiger partial charge on any atom is -0.464 e. The lowest BCUT2D eigenvalue weighted by atomic mass is 9.47. The fraction of sp³-hybridized carbons (Fsp3) is 0.909. The third-order valence-corrected chi connectivity index (χ3v) is 8.72. The molecule has 0 aromatic heterocycles. The smallest absolute Gasteiger partial charge is 0.332 e. The molecule has 7 atom stereocenters. The highest BCUT2D eigenvalue weighted by Crippen LogP contribution is 2.64. The van der Waals surface area contributed by atoms with Crippen LogP contribution in [0.25, 0.3) is 0 Å². The van der Waals surface area contributed by atoms with E-state index in [4.69, 9.17) is 9.47 Å². The molecule has 1 N–H and O–H groups in total. The van der Waals surface area contributed by atoms with Crippen molar-refractivity contribution >= 4 is 11.9 Å². The highest BCUT2D eigenvalue weighted by atomic mass is 16.6. The molecule has 0 aromatic carbocycles. The second-order valence-corrected chi connectivity index (χ2v) is 9.81. The van der Waals surface area contributed by atoms with Crippen molar-refractivity contribution in [1.82, 2.24) is 5.32 Å². The molecule has 4 fully saturated rings. The molecule has 1 amide bonds. The van der Waals surface area contributed by atoms with Crippen LogP contribution in [-0.2, 0) is 19.1 Å². The molecule has 4 rings (SSSR count). The van der Waals surface area contributed by atoms with Gasteiger partial charge in [0.1, 0.15) is 6.61 Å². The van der Waals surface area contributed by atoms with Crippen molar-refractivity contribution in [3.8, 4) is 0 Å². The Morgan fingerprint density at radius 2 is 1.85 bits per heavy atom. The van der Waals surface area contributed by atoms with Gasteiger partial charge < -0.3 is 14.8 Å². The Kier molecular flexibility index (Phi) is 5.02. The largest absolute Gasteiger partial charge is 0.464 e. The lowest BCUT2D eigenvalue weighted by Crippen LogP contribution is -2.61. The third kappa shape index (κ3) is 3.10. The minimum atomic E-state index is -0.246. The Balaban J connectivity index is 1.47. The summed E-state index contributed by atoms with van der Waals surface area (Å²) in [4.78, 5) is 23.6. The van der Waals surface area contributed by atoms with Crippen LogP contribution >= 0.6 is 0 Å². The van der Waals surface area contributed by atoms with Gasteiger partial charge >= 0.3 is 5.97 Å². The SMILES string of the molecule is CCOC(=O)COC1CC[C@H]2[C@@H]3CCC4NC(=O)CC[C@]4(C)[C@@H]3CC[C@]12C. The maximum Gasteiger partial charge on any atom is 0.332 e. The molecule has 3 saturated carbocycles. The van der Waals surface area contributed by atoms with Gasteiger partial charge in [-0.05, 0) is 80.5 Å². The first kappa shape index (κ1) is 19.2. The molecule has 5 nitrogen and oxygen atoms in total. The van der Waals surface area contributed by atoms with Crippen LogP contribution in [0.1, 0.15) is 72.1 Å². The lowest BCUT2D eigenvalue weighted by molar-refractivity contribution is -0.158. The van der Waals surface area contributed by atoms with Gasteiger partial charge in [0.25, 0.3) is 0 Å². The highest BCUT2D eigenvalue weighted by Gasteiger charge is 2.60. The van der Waals surface area contributed by atoms with E-state index in [2.05, 4.69) is 19.2 Å². The van der Waals surface area contributed by atoms with Crippen molar-refractivity contribution in [3.05, 3.63) is 0 Å². The number of esters is 1. The molecule has 2 unspecified atom stereocenters. The van der Waals surface area contributed by atoms with E-state index in [0.29, 0.717) is 30.9 Å². The molecule has 27 heavy (non-hydrogen) atoms. The van der Waals surface area contributed by atoms with Crippen molar-refractivity contribution in [2.45, 2.75) is 84.3 Å². The highest BCUT2D eigenvalue weighted by molar-refractivity contribution is 5.77. The normalized spacial score (nSPS) is 46.0. The predicted molar refractivity (Wildman–Crippen MR) is 102 cm³/mol. The van der Waals surface area contributed by atoms with E-state index < -0.39 is 0 Å². The third-order valence-electron chi connectivity index (χ3n) is 8.72. The van der Waals surface area contributed by atoms with Gasteiger partial charge in [-0.2, -0.15) is 0 Å². The van der Waals surface area contributed by atoms with Gasteiger partial charge in [-0.3, -0.25) is 4.79 Å². The number of hydrogen-bond donors (Lipinski definition) is 1. The summed E-state index contributed by atoms with van der Waals surface area (Å²) >= 11 is 0. The number of ether oxygens (including phenoxy) is 2. The zero-order valence-corrected chi connectivity index (χ0v) is 17.1. The number of carbonyl (C=O) groups excluding carboxylic acids is 2. The molecule has 4 aliphatic rings. The van der Waals surface area contributed by atoms with E-state index in [-0.39, 0.29) is 35.4 Å². The summed E-state index contributed by atoms with van der Waals surface area (Å²) in [6, 6.07) is 0.363. The van der Waals surface area contributed by atoms with Crippen molar-refractivity contribution in [2.24, 2.45) is 28.6 Å². The zero-order valence-electron chi connectivity index (χ0n) is 17.1. The Hall–Kier alpha value is -1.10. The van der Waals surface area contributed by atoms with Crippen LogP contribution in [0.5, 0.6) is 0 Å². The van der Waals surface area contributed by atoms with Gasteiger partial charge in [0.05, 0.1) is 12.7 Å². The molecule has 0 spiro atoms. The first-order valence-electron chi connectivity index (χ1n) is 10.9. The van der Waals surface area contributed by atoms with E-state index in [1.54, 1.807) is 0 Å². The summed E-state index contributed by atoms with van der Waals surface area (Å²) in [6.45, 7) is 7.15. The summed E-state index contributed by atoms with van der Waals surface area (Å²) in [6.07, 6.45) is 8.88. The van der Waals surface area contributed by atoms with E-state index >= 15 is 0 Å². The molecule has 0 bridgehead atoms. The van der Waals surface area contributed by atoms with Gasteiger partial charge in [0, 0.05) is 12.5 Å². The predicted octanol–water partition coefficient (Wildman–Crippen LogP) is 3.46. The fourth-order valence-electron chi connectivity index (χ4n) is 7.30. The van der Waals surface area contributed by atoms with Crippen molar-refractivity contribution in [1.29, 1.82) is 0 Å². The molecular formula is C22H35NO4. The van der Waals surface area contributed by atoms with E-state index in [1.807, 2.05) is 6.92 Å². The van der Waals surface area contributed by atoms with Gasteiger partial charge in [-0.25, -0.2) is 4.79 Å². The van der Waals surface area contributed by atoms with Crippen LogP contribution in [0, 0.1) is 28.6 Å². The van der Waals surface area contributed by atoms with Gasteiger partial charge in [-0.15, -0.1) is 0 Å². The number of piperidine rings is 1. The Morgan fingerprint density at radius 3 is 2.63 bits per heavy atom. The van der Waals surface area contributed by atoms with Crippen LogP contribution in [0.3, 0.4) is 0 Å². The maximum absolute atomic E-state index is 11.9. The molecule has 3 aliphatic carbocycles. The summed E-state index contributed by atoms with van der Waals surface area (Å²) < 4.78 is 11.1. The number of rotatable bonds is 4. The topological polar surface area (TPSA) is 64.6 Å². The standard InChI is InChI=1S/C22H35NO4/c1-4-26-20(25)13-27-18-8-6-15-14-5-7-17-21(2,12-10-19(24)23-17)16(14)9-11-22(15,18)3/h14-18H,4-13H2,1-3H3,(H,23,24)/t14-,15-,16+,17?,18?,21+,22-/m0/s1. The van der Waals surface area contributed by atoms with Crippen molar-refractivity contribution < 1.29 is 19.1 Å². The molecular weight excluding hydrogens is 342 g/mol. The van der Waals surface area contributed by atoms with Gasteiger partial charge in [0.15, 0.2) is 0 Å². The van der Waals surface area contributed by atoms with E-state index in [0.717, 1.165) is 25.2 Å². The van der Waals surface area contributed by atoms with Crippen LogP contribution in [0.15, 0.2) is 0 Å². The van der Waals surface area contributed by atoms with Crippen LogP contribution in [0.4, 0.5) is 0 Å². The second kappa shape index (κ2) is 7.06. The Bertz CT molecular complexity index is 607.